The van der Waals surface area contributed by atoms with Gasteiger partial charge in [0.1, 0.15) is 24.4 Å². The Morgan fingerprint density at radius 3 is 2.37 bits per heavy atom. The van der Waals surface area contributed by atoms with Crippen molar-refractivity contribution in [1.82, 2.24) is 20.9 Å². The highest BCUT2D eigenvalue weighted by molar-refractivity contribution is 6.01. The average Bonchev–Trinajstić information content (AvgIpc) is 2.77. The molecule has 0 unspecified atom stereocenters. The molecule has 0 radical (unpaired) electrons. The molecule has 0 bridgehead atoms. The van der Waals surface area contributed by atoms with Crippen LogP contribution in [0.15, 0.2) is 24.3 Å². The zero-order valence-electron chi connectivity index (χ0n) is 20.7. The SMILES string of the molecule is CC(C)C[C@@H]1COc2ccccc2C(=O)N[C@@H](CC(=O)N2CC(O)C2)C(=O)N[C@H](C(C)C)C(=O)N1. The molecule has 35 heavy (non-hydrogen) atoms. The number of carbonyl (C=O) groups excluding carboxylic acids is 4. The van der Waals surface area contributed by atoms with E-state index in [9.17, 15) is 24.3 Å². The first-order valence-corrected chi connectivity index (χ1v) is 12.1. The molecule has 192 valence electrons. The second kappa shape index (κ2) is 11.5. The maximum atomic E-state index is 13.3. The van der Waals surface area contributed by atoms with Crippen molar-refractivity contribution in [2.45, 2.75) is 64.8 Å². The molecule has 0 spiro atoms. The third-order valence-corrected chi connectivity index (χ3v) is 6.14. The third-order valence-electron chi connectivity index (χ3n) is 6.14. The van der Waals surface area contributed by atoms with Gasteiger partial charge in [-0.3, -0.25) is 19.2 Å². The number of hydrogen-bond acceptors (Lipinski definition) is 6. The van der Waals surface area contributed by atoms with Gasteiger partial charge in [0.25, 0.3) is 5.91 Å². The van der Waals surface area contributed by atoms with E-state index in [4.69, 9.17) is 4.74 Å². The summed E-state index contributed by atoms with van der Waals surface area (Å²) in [5, 5.41) is 17.9. The molecule has 4 amide bonds. The van der Waals surface area contributed by atoms with E-state index in [1.807, 2.05) is 27.7 Å². The number of nitrogens with one attached hydrogen (secondary N) is 3. The van der Waals surface area contributed by atoms with Crippen LogP contribution in [0.5, 0.6) is 5.75 Å². The minimum Gasteiger partial charge on any atom is -0.491 e. The van der Waals surface area contributed by atoms with Crippen molar-refractivity contribution in [3.05, 3.63) is 29.8 Å². The van der Waals surface area contributed by atoms with Crippen LogP contribution in [0.25, 0.3) is 0 Å². The van der Waals surface area contributed by atoms with Gasteiger partial charge in [-0.2, -0.15) is 0 Å². The fourth-order valence-corrected chi connectivity index (χ4v) is 4.20. The molecule has 1 fully saturated rings. The standard InChI is InChI=1S/C25H36N4O6/c1-14(2)9-16-13-35-20-8-6-5-7-18(20)23(32)27-19(10-21(31)29-11-17(30)12-29)24(33)28-22(15(3)4)25(34)26-16/h5-8,14-17,19,22,30H,9-13H2,1-4H3,(H,26,34)(H,27,32)(H,28,33)/t16-,19+,22-/m1/s1. The molecule has 3 atom stereocenters. The van der Waals surface area contributed by atoms with Crippen LogP contribution < -0.4 is 20.7 Å². The van der Waals surface area contributed by atoms with E-state index in [1.165, 1.54) is 4.90 Å². The fourth-order valence-electron chi connectivity index (χ4n) is 4.20. The molecular weight excluding hydrogens is 452 g/mol. The van der Waals surface area contributed by atoms with E-state index in [0.29, 0.717) is 12.2 Å². The number of amides is 4. The molecule has 0 saturated carbocycles. The number of likely N-dealkylation sites (tertiary alicyclic amines) is 1. The smallest absolute Gasteiger partial charge is 0.255 e. The summed E-state index contributed by atoms with van der Waals surface area (Å²) in [6, 6.07) is 4.26. The first kappa shape index (κ1) is 26.5. The zero-order valence-corrected chi connectivity index (χ0v) is 20.7. The number of aliphatic hydroxyl groups excluding tert-OH is 1. The normalized spacial score (nSPS) is 24.1. The predicted octanol–water partition coefficient (Wildman–Crippen LogP) is 0.442. The van der Waals surface area contributed by atoms with Gasteiger partial charge in [0.2, 0.25) is 17.7 Å². The Balaban J connectivity index is 1.92. The number of rotatable bonds is 5. The first-order chi connectivity index (χ1) is 16.5. The average molecular weight is 489 g/mol. The Bertz CT molecular complexity index is 944. The lowest BCUT2D eigenvalue weighted by molar-refractivity contribution is -0.143. The van der Waals surface area contributed by atoms with Crippen molar-refractivity contribution in [1.29, 1.82) is 0 Å². The van der Waals surface area contributed by atoms with E-state index >= 15 is 0 Å². The Morgan fingerprint density at radius 2 is 1.74 bits per heavy atom. The molecule has 2 aliphatic rings. The van der Waals surface area contributed by atoms with E-state index in [0.717, 1.165) is 0 Å². The van der Waals surface area contributed by atoms with Gasteiger partial charge in [-0.25, -0.2) is 0 Å². The molecule has 1 saturated heterocycles. The quantitative estimate of drug-likeness (QED) is 0.475. The van der Waals surface area contributed by atoms with Crippen LogP contribution in [0.2, 0.25) is 0 Å². The molecule has 10 heteroatoms. The first-order valence-electron chi connectivity index (χ1n) is 12.1. The third kappa shape index (κ3) is 6.94. The number of hydrogen-bond donors (Lipinski definition) is 4. The summed E-state index contributed by atoms with van der Waals surface area (Å²) < 4.78 is 5.97. The van der Waals surface area contributed by atoms with E-state index in [2.05, 4.69) is 16.0 Å². The van der Waals surface area contributed by atoms with Gasteiger partial charge < -0.3 is 30.7 Å². The van der Waals surface area contributed by atoms with Gasteiger partial charge in [0, 0.05) is 13.1 Å². The summed E-state index contributed by atoms with van der Waals surface area (Å²) in [6.07, 6.45) is -0.229. The van der Waals surface area contributed by atoms with Crippen LogP contribution in [0, 0.1) is 11.8 Å². The maximum Gasteiger partial charge on any atom is 0.255 e. The Labute approximate surface area is 205 Å². The summed E-state index contributed by atoms with van der Waals surface area (Å²) in [4.78, 5) is 53.7. The van der Waals surface area contributed by atoms with Gasteiger partial charge in [-0.1, -0.05) is 39.8 Å². The molecule has 1 aromatic carbocycles. The Hall–Kier alpha value is -3.14. The van der Waals surface area contributed by atoms with Gasteiger partial charge >= 0.3 is 0 Å². The van der Waals surface area contributed by atoms with Crippen molar-refractivity contribution >= 4 is 23.6 Å². The number of carbonyl (C=O) groups is 4. The molecular formula is C25H36N4O6. The van der Waals surface area contributed by atoms with E-state index < -0.39 is 30.0 Å². The predicted molar refractivity (Wildman–Crippen MR) is 129 cm³/mol. The van der Waals surface area contributed by atoms with Crippen molar-refractivity contribution < 1.29 is 29.0 Å². The number of para-hydroxylation sites is 1. The largest absolute Gasteiger partial charge is 0.491 e. The van der Waals surface area contributed by atoms with Crippen molar-refractivity contribution in [2.24, 2.45) is 11.8 Å². The monoisotopic (exact) mass is 488 g/mol. The minimum atomic E-state index is -1.21. The lowest BCUT2D eigenvalue weighted by Gasteiger charge is -2.36. The number of ether oxygens (including phenoxy) is 1. The van der Waals surface area contributed by atoms with Crippen molar-refractivity contribution in [3.63, 3.8) is 0 Å². The second-order valence-corrected chi connectivity index (χ2v) is 10.1. The number of nitrogens with zero attached hydrogens (tertiary/aromatic N) is 1. The minimum absolute atomic E-state index is 0.159. The van der Waals surface area contributed by atoms with E-state index in [1.54, 1.807) is 24.3 Å². The lowest BCUT2D eigenvalue weighted by atomic mass is 10.00. The van der Waals surface area contributed by atoms with Crippen molar-refractivity contribution in [2.75, 3.05) is 19.7 Å². The summed E-state index contributed by atoms with van der Waals surface area (Å²) in [5.74, 6) is -1.54. The molecule has 10 nitrogen and oxygen atoms in total. The summed E-state index contributed by atoms with van der Waals surface area (Å²) in [6.45, 7) is 8.23. The molecule has 1 aromatic rings. The fraction of sp³-hybridized carbons (Fsp3) is 0.600. The number of aliphatic hydroxyl groups is 1. The molecule has 3 rings (SSSR count). The van der Waals surface area contributed by atoms with Crippen LogP contribution in [0.1, 0.15) is 50.9 Å². The highest BCUT2D eigenvalue weighted by Crippen LogP contribution is 2.20. The number of benzene rings is 1. The van der Waals surface area contributed by atoms with Gasteiger partial charge in [0.15, 0.2) is 0 Å². The molecule has 2 aliphatic heterocycles. The van der Waals surface area contributed by atoms with Crippen LogP contribution in [-0.4, -0.2) is 77.6 Å². The van der Waals surface area contributed by atoms with Crippen molar-refractivity contribution in [3.8, 4) is 5.75 Å². The topological polar surface area (TPSA) is 137 Å². The number of β-amino-alcohol motifs (C(OH)–C–C–N with tert-alkyl or cyclic N) is 1. The van der Waals surface area contributed by atoms with Crippen LogP contribution in [0.3, 0.4) is 0 Å². The summed E-state index contributed by atoms with van der Waals surface area (Å²) >= 11 is 0. The lowest BCUT2D eigenvalue weighted by Crippen LogP contribution is -2.59. The molecule has 0 aliphatic carbocycles. The molecule has 0 aromatic heterocycles. The summed E-state index contributed by atoms with van der Waals surface area (Å²) in [7, 11) is 0. The van der Waals surface area contributed by atoms with Crippen LogP contribution >= 0.6 is 0 Å². The van der Waals surface area contributed by atoms with E-state index in [-0.39, 0.29) is 61.4 Å². The van der Waals surface area contributed by atoms with Gasteiger partial charge in [0.05, 0.1) is 24.1 Å². The Kier molecular flexibility index (Phi) is 8.71. The van der Waals surface area contributed by atoms with Gasteiger partial charge in [-0.05, 0) is 30.4 Å². The molecule has 4 N–H and O–H groups in total. The zero-order chi connectivity index (χ0) is 25.7. The summed E-state index contributed by atoms with van der Waals surface area (Å²) in [5.41, 5.74) is 0.228. The van der Waals surface area contributed by atoms with Crippen LogP contribution in [-0.2, 0) is 14.4 Å². The Morgan fingerprint density at radius 1 is 1.06 bits per heavy atom. The van der Waals surface area contributed by atoms with Crippen LogP contribution in [0.4, 0.5) is 0 Å². The van der Waals surface area contributed by atoms with Gasteiger partial charge in [-0.15, -0.1) is 0 Å². The number of fused-ring (bicyclic) bond motifs is 1. The second-order valence-electron chi connectivity index (χ2n) is 10.1. The molecule has 2 heterocycles. The highest BCUT2D eigenvalue weighted by atomic mass is 16.5. The highest BCUT2D eigenvalue weighted by Gasteiger charge is 2.35. The maximum absolute atomic E-state index is 13.3.